The van der Waals surface area contributed by atoms with Crippen LogP contribution in [0.15, 0.2) is 10.9 Å². The predicted molar refractivity (Wildman–Crippen MR) is 62.4 cm³/mol. The summed E-state index contributed by atoms with van der Waals surface area (Å²) in [5, 5.41) is 28.0. The first-order valence-electron chi connectivity index (χ1n) is 6.05. The van der Waals surface area contributed by atoms with E-state index in [0.717, 1.165) is 0 Å². The number of aliphatic hydroxyl groups is 2. The third kappa shape index (κ3) is 1.25. The van der Waals surface area contributed by atoms with Gasteiger partial charge in [0.1, 0.15) is 23.8 Å². The number of hydrogen-bond donors (Lipinski definition) is 2. The highest BCUT2D eigenvalue weighted by Gasteiger charge is 2.47. The van der Waals surface area contributed by atoms with Gasteiger partial charge in [0.25, 0.3) is 5.56 Å². The number of hydrogen-bond acceptors (Lipinski definition) is 6. The second kappa shape index (κ2) is 3.41. The first kappa shape index (κ1) is 11.1. The van der Waals surface area contributed by atoms with E-state index >= 15 is 0 Å². The number of ether oxygens (including phenoxy) is 1. The smallest absolute Gasteiger partial charge is 0.257 e. The van der Waals surface area contributed by atoms with Crippen LogP contribution in [-0.4, -0.2) is 48.1 Å². The molecule has 0 aromatic carbocycles. The fourth-order valence-corrected chi connectivity index (χ4v) is 2.84. The van der Waals surface area contributed by atoms with Gasteiger partial charge in [-0.15, -0.1) is 5.10 Å². The van der Waals surface area contributed by atoms with E-state index in [9.17, 15) is 15.0 Å². The largest absolute Gasteiger partial charge is 0.387 e. The molecule has 2 aromatic heterocycles. The second-order valence-corrected chi connectivity index (χ2v) is 5.03. The maximum Gasteiger partial charge on any atom is 0.257 e. The number of aliphatic hydroxyl groups excluding tert-OH is 2. The summed E-state index contributed by atoms with van der Waals surface area (Å²) in [5.74, 6) is 0. The Bertz CT molecular complexity index is 736. The SMILES string of the molecule is Cc1cc2nnn3c2n(c1=O)[C@@H]1O[C@H](C3)C(O)C1O. The molecule has 1 fully saturated rings. The summed E-state index contributed by atoms with van der Waals surface area (Å²) in [6, 6.07) is 1.67. The summed E-state index contributed by atoms with van der Waals surface area (Å²) < 4.78 is 8.46. The third-order valence-corrected chi connectivity index (χ3v) is 3.82. The van der Waals surface area contributed by atoms with E-state index in [1.165, 1.54) is 9.25 Å². The van der Waals surface area contributed by atoms with E-state index in [-0.39, 0.29) is 12.1 Å². The van der Waals surface area contributed by atoms with Crippen molar-refractivity contribution in [2.24, 2.45) is 0 Å². The van der Waals surface area contributed by atoms with E-state index < -0.39 is 24.5 Å². The molecule has 8 nitrogen and oxygen atoms in total. The third-order valence-electron chi connectivity index (χ3n) is 3.82. The first-order chi connectivity index (χ1) is 9.08. The quantitative estimate of drug-likeness (QED) is 0.602. The lowest BCUT2D eigenvalue weighted by Crippen LogP contribution is -2.38. The maximum absolute atomic E-state index is 12.3. The zero-order valence-corrected chi connectivity index (χ0v) is 10.1. The van der Waals surface area contributed by atoms with Gasteiger partial charge in [0.05, 0.1) is 6.54 Å². The van der Waals surface area contributed by atoms with Gasteiger partial charge in [0, 0.05) is 5.56 Å². The molecule has 2 unspecified atom stereocenters. The number of aryl methyl sites for hydroxylation is 1. The molecule has 4 atom stereocenters. The van der Waals surface area contributed by atoms with Crippen molar-refractivity contribution in [1.82, 2.24) is 19.6 Å². The lowest BCUT2D eigenvalue weighted by atomic mass is 10.1. The van der Waals surface area contributed by atoms with Gasteiger partial charge >= 0.3 is 0 Å². The Morgan fingerprint density at radius 3 is 3.00 bits per heavy atom. The highest BCUT2D eigenvalue weighted by molar-refractivity contribution is 5.71. The molecule has 19 heavy (non-hydrogen) atoms. The molecular weight excluding hydrogens is 252 g/mol. The highest BCUT2D eigenvalue weighted by Crippen LogP contribution is 2.34. The average Bonchev–Trinajstić information content (AvgIpc) is 2.82. The van der Waals surface area contributed by atoms with Crippen LogP contribution in [0, 0.1) is 6.92 Å². The standard InChI is InChI=1S/C11H12N4O4/c1-4-2-5-9-14(13-12-5)3-6-7(16)8(17)11(19-6)15(9)10(4)18/h2,6-8,11,16-17H,3H2,1H3/t6-,7?,8?,11-/m1/s1. The van der Waals surface area contributed by atoms with Gasteiger partial charge in [-0.1, -0.05) is 5.21 Å². The Hall–Kier alpha value is -1.77. The van der Waals surface area contributed by atoms with E-state index in [2.05, 4.69) is 10.3 Å². The van der Waals surface area contributed by atoms with Crippen molar-refractivity contribution in [3.63, 3.8) is 0 Å². The number of pyridine rings is 1. The van der Waals surface area contributed by atoms with E-state index in [4.69, 9.17) is 4.74 Å². The molecule has 8 heteroatoms. The Morgan fingerprint density at radius 2 is 2.21 bits per heavy atom. The van der Waals surface area contributed by atoms with Crippen LogP contribution in [0.4, 0.5) is 0 Å². The van der Waals surface area contributed by atoms with Crippen LogP contribution < -0.4 is 5.56 Å². The van der Waals surface area contributed by atoms with Crippen LogP contribution in [0.5, 0.6) is 0 Å². The number of nitrogens with zero attached hydrogens (tertiary/aromatic N) is 4. The van der Waals surface area contributed by atoms with Crippen molar-refractivity contribution >= 4 is 11.2 Å². The molecule has 4 heterocycles. The molecule has 4 rings (SSSR count). The molecule has 0 aliphatic carbocycles. The molecule has 2 aromatic rings. The summed E-state index contributed by atoms with van der Waals surface area (Å²) in [4.78, 5) is 12.3. The van der Waals surface area contributed by atoms with Gasteiger partial charge in [-0.2, -0.15) is 0 Å². The van der Waals surface area contributed by atoms with Gasteiger partial charge in [0.2, 0.25) is 0 Å². The molecular formula is C11H12N4O4. The second-order valence-electron chi connectivity index (χ2n) is 5.03. The van der Waals surface area contributed by atoms with Crippen LogP contribution in [0.25, 0.3) is 11.2 Å². The van der Waals surface area contributed by atoms with Gasteiger partial charge in [-0.25, -0.2) is 4.68 Å². The van der Waals surface area contributed by atoms with Gasteiger partial charge in [0.15, 0.2) is 11.9 Å². The zero-order valence-electron chi connectivity index (χ0n) is 10.1. The molecule has 2 bridgehead atoms. The summed E-state index contributed by atoms with van der Waals surface area (Å²) in [5.41, 5.74) is 1.33. The van der Waals surface area contributed by atoms with Crippen molar-refractivity contribution in [3.05, 3.63) is 22.0 Å². The molecule has 2 aliphatic rings. The molecule has 100 valence electrons. The number of rotatable bonds is 0. The van der Waals surface area contributed by atoms with Crippen LogP contribution >= 0.6 is 0 Å². The molecule has 0 radical (unpaired) electrons. The Kier molecular flexibility index (Phi) is 1.99. The summed E-state index contributed by atoms with van der Waals surface area (Å²) in [6.45, 7) is 1.93. The minimum absolute atomic E-state index is 0.258. The maximum atomic E-state index is 12.3. The Labute approximate surface area is 106 Å². The number of fused-ring (bicyclic) bond motifs is 3. The fraction of sp³-hybridized carbons (Fsp3) is 0.545. The van der Waals surface area contributed by atoms with Gasteiger partial charge in [-0.3, -0.25) is 9.36 Å². The van der Waals surface area contributed by atoms with Crippen molar-refractivity contribution < 1.29 is 14.9 Å². The zero-order chi connectivity index (χ0) is 13.3. The predicted octanol–water partition coefficient (Wildman–Crippen LogP) is -1.47. The molecule has 0 amide bonds. The normalized spacial score (nSPS) is 32.8. The Balaban J connectivity index is 2.12. The minimum Gasteiger partial charge on any atom is -0.387 e. The van der Waals surface area contributed by atoms with Crippen LogP contribution in [0.3, 0.4) is 0 Å². The van der Waals surface area contributed by atoms with E-state index in [0.29, 0.717) is 16.7 Å². The number of aromatic nitrogens is 4. The van der Waals surface area contributed by atoms with Crippen molar-refractivity contribution in [2.75, 3.05) is 0 Å². The monoisotopic (exact) mass is 264 g/mol. The summed E-state index contributed by atoms with van der Waals surface area (Å²) in [7, 11) is 0. The topological polar surface area (TPSA) is 102 Å². The summed E-state index contributed by atoms with van der Waals surface area (Å²) >= 11 is 0. The van der Waals surface area contributed by atoms with Gasteiger partial charge in [-0.05, 0) is 13.0 Å². The van der Waals surface area contributed by atoms with Gasteiger partial charge < -0.3 is 14.9 Å². The Morgan fingerprint density at radius 1 is 1.42 bits per heavy atom. The van der Waals surface area contributed by atoms with E-state index in [1.54, 1.807) is 13.0 Å². The van der Waals surface area contributed by atoms with Crippen LogP contribution in [0.2, 0.25) is 0 Å². The van der Waals surface area contributed by atoms with Crippen molar-refractivity contribution in [1.29, 1.82) is 0 Å². The molecule has 2 aliphatic heterocycles. The fourth-order valence-electron chi connectivity index (χ4n) is 2.84. The molecule has 2 N–H and O–H groups in total. The van der Waals surface area contributed by atoms with Crippen LogP contribution in [-0.2, 0) is 11.3 Å². The lowest BCUT2D eigenvalue weighted by molar-refractivity contribution is -0.0352. The lowest BCUT2D eigenvalue weighted by Gasteiger charge is -2.20. The molecule has 0 saturated carbocycles. The average molecular weight is 264 g/mol. The molecule has 1 saturated heterocycles. The van der Waals surface area contributed by atoms with Crippen molar-refractivity contribution in [2.45, 2.75) is 38.0 Å². The van der Waals surface area contributed by atoms with Crippen molar-refractivity contribution in [3.8, 4) is 0 Å². The summed E-state index contributed by atoms with van der Waals surface area (Å²) in [6.07, 6.45) is -3.65. The first-order valence-corrected chi connectivity index (χ1v) is 6.05. The van der Waals surface area contributed by atoms with Crippen LogP contribution in [0.1, 0.15) is 11.8 Å². The highest BCUT2D eigenvalue weighted by atomic mass is 16.6. The molecule has 0 spiro atoms. The minimum atomic E-state index is -1.13. The van der Waals surface area contributed by atoms with E-state index in [1.807, 2.05) is 0 Å².